The van der Waals surface area contributed by atoms with Crippen molar-refractivity contribution in [2.45, 2.75) is 13.3 Å². The first-order valence-corrected chi connectivity index (χ1v) is 8.30. The van der Waals surface area contributed by atoms with E-state index >= 15 is 0 Å². The molecule has 1 atom stereocenters. The summed E-state index contributed by atoms with van der Waals surface area (Å²) in [6.07, 6.45) is 0.197. The van der Waals surface area contributed by atoms with Gasteiger partial charge in [0.2, 0.25) is 5.91 Å². The van der Waals surface area contributed by atoms with E-state index in [9.17, 15) is 9.59 Å². The maximum atomic E-state index is 12.4. The summed E-state index contributed by atoms with van der Waals surface area (Å²) in [6, 6.07) is 9.26. The quantitative estimate of drug-likeness (QED) is 0.447. The Kier molecular flexibility index (Phi) is 10.3. The van der Waals surface area contributed by atoms with Crippen LogP contribution in [0.5, 0.6) is 5.75 Å². The van der Waals surface area contributed by atoms with E-state index in [0.717, 1.165) is 0 Å². The molecule has 1 aromatic carbocycles. The summed E-state index contributed by atoms with van der Waals surface area (Å²) in [5, 5.41) is 8.73. The predicted molar refractivity (Wildman–Crippen MR) is 92.2 cm³/mol. The highest BCUT2D eigenvalue weighted by atomic mass is 16.5. The van der Waals surface area contributed by atoms with Crippen molar-refractivity contribution in [2.24, 2.45) is 5.92 Å². The van der Waals surface area contributed by atoms with Crippen LogP contribution in [0.4, 0.5) is 0 Å². The molecule has 1 unspecified atom stereocenters. The van der Waals surface area contributed by atoms with Gasteiger partial charge in [-0.25, -0.2) is 0 Å². The summed E-state index contributed by atoms with van der Waals surface area (Å²) in [7, 11) is 1.32. The molecule has 0 aliphatic carbocycles. The highest BCUT2D eigenvalue weighted by Crippen LogP contribution is 2.10. The summed E-state index contributed by atoms with van der Waals surface area (Å²) in [6.45, 7) is 2.98. The molecule has 140 valence electrons. The van der Waals surface area contributed by atoms with Gasteiger partial charge >= 0.3 is 5.97 Å². The lowest BCUT2D eigenvalue weighted by Crippen LogP contribution is -2.40. The summed E-state index contributed by atoms with van der Waals surface area (Å²) in [5.74, 6) is -0.216. The molecule has 0 bridgehead atoms. The number of carbonyl (C=O) groups excluding carboxylic acids is 2. The molecule has 1 rings (SSSR count). The van der Waals surface area contributed by atoms with E-state index in [2.05, 4.69) is 0 Å². The van der Waals surface area contributed by atoms with Crippen molar-refractivity contribution in [1.29, 1.82) is 0 Å². The molecule has 0 saturated heterocycles. The molecule has 0 heterocycles. The Labute approximate surface area is 148 Å². The van der Waals surface area contributed by atoms with Crippen LogP contribution >= 0.6 is 0 Å². The second kappa shape index (κ2) is 12.3. The number of aliphatic hydroxyl groups is 1. The van der Waals surface area contributed by atoms with Gasteiger partial charge in [-0.05, 0) is 12.1 Å². The maximum absolute atomic E-state index is 12.4. The van der Waals surface area contributed by atoms with Gasteiger partial charge in [0.15, 0.2) is 0 Å². The number of methoxy groups -OCH3 is 1. The van der Waals surface area contributed by atoms with Crippen LogP contribution in [0.1, 0.15) is 13.3 Å². The molecule has 0 aliphatic rings. The number of hydrogen-bond acceptors (Lipinski definition) is 6. The Bertz CT molecular complexity index is 508. The summed E-state index contributed by atoms with van der Waals surface area (Å²) in [5.41, 5.74) is 0. The minimum Gasteiger partial charge on any atom is -0.493 e. The van der Waals surface area contributed by atoms with Gasteiger partial charge in [-0.15, -0.1) is 0 Å². The first-order valence-electron chi connectivity index (χ1n) is 8.30. The van der Waals surface area contributed by atoms with Gasteiger partial charge in [0, 0.05) is 13.1 Å². The van der Waals surface area contributed by atoms with E-state index in [4.69, 9.17) is 19.3 Å². The monoisotopic (exact) mass is 353 g/mol. The van der Waals surface area contributed by atoms with Gasteiger partial charge in [0.1, 0.15) is 5.75 Å². The van der Waals surface area contributed by atoms with Crippen molar-refractivity contribution in [1.82, 2.24) is 4.90 Å². The van der Waals surface area contributed by atoms with Crippen LogP contribution in [0.15, 0.2) is 30.3 Å². The first-order chi connectivity index (χ1) is 12.1. The molecule has 7 nitrogen and oxygen atoms in total. The summed E-state index contributed by atoms with van der Waals surface area (Å²) >= 11 is 0. The van der Waals surface area contributed by atoms with E-state index in [0.29, 0.717) is 18.9 Å². The van der Waals surface area contributed by atoms with Crippen LogP contribution in [-0.4, -0.2) is 68.5 Å². The van der Waals surface area contributed by atoms with Gasteiger partial charge in [0.25, 0.3) is 0 Å². The lowest BCUT2D eigenvalue weighted by atomic mass is 10.1. The van der Waals surface area contributed by atoms with Gasteiger partial charge in [-0.2, -0.15) is 0 Å². The average molecular weight is 353 g/mol. The van der Waals surface area contributed by atoms with Crippen LogP contribution in [0, 0.1) is 5.92 Å². The molecule has 1 N–H and O–H groups in total. The molecule has 7 heteroatoms. The molecule has 25 heavy (non-hydrogen) atoms. The molecule has 0 radical (unpaired) electrons. The third-order valence-electron chi connectivity index (χ3n) is 3.52. The lowest BCUT2D eigenvalue weighted by molar-refractivity contribution is -0.146. The second-order valence-corrected chi connectivity index (χ2v) is 5.51. The fourth-order valence-corrected chi connectivity index (χ4v) is 2.20. The number of hydrogen-bond donors (Lipinski definition) is 1. The minimum absolute atomic E-state index is 0.0720. The van der Waals surface area contributed by atoms with Gasteiger partial charge in [0.05, 0.1) is 45.9 Å². The Morgan fingerprint density at radius 1 is 1.16 bits per heavy atom. The number of nitrogens with zero attached hydrogens (tertiary/aromatic N) is 1. The molecule has 0 aliphatic heterocycles. The Morgan fingerprint density at radius 2 is 1.88 bits per heavy atom. The van der Waals surface area contributed by atoms with Gasteiger partial charge < -0.3 is 24.2 Å². The number of para-hydroxylation sites is 1. The normalized spacial score (nSPS) is 11.6. The fraction of sp³-hybridized carbons (Fsp3) is 0.556. The van der Waals surface area contributed by atoms with Crippen LogP contribution in [0.3, 0.4) is 0 Å². The van der Waals surface area contributed by atoms with Crippen molar-refractivity contribution in [3.05, 3.63) is 30.3 Å². The number of benzene rings is 1. The molecular weight excluding hydrogens is 326 g/mol. The maximum Gasteiger partial charge on any atom is 0.310 e. The Morgan fingerprint density at radius 3 is 2.52 bits per heavy atom. The number of amides is 1. The second-order valence-electron chi connectivity index (χ2n) is 5.51. The summed E-state index contributed by atoms with van der Waals surface area (Å²) in [4.78, 5) is 25.6. The predicted octanol–water partition coefficient (Wildman–Crippen LogP) is 1.10. The van der Waals surface area contributed by atoms with Crippen LogP contribution in [0.25, 0.3) is 0 Å². The molecule has 1 amide bonds. The molecule has 1 aromatic rings. The average Bonchev–Trinajstić information content (AvgIpc) is 2.64. The molecule has 0 spiro atoms. The molecular formula is C18H27NO6. The van der Waals surface area contributed by atoms with Crippen LogP contribution in [0.2, 0.25) is 0 Å². The van der Waals surface area contributed by atoms with Crippen LogP contribution < -0.4 is 4.74 Å². The van der Waals surface area contributed by atoms with Crippen molar-refractivity contribution < 1.29 is 28.9 Å². The minimum atomic E-state index is -0.429. The molecule has 0 fully saturated rings. The van der Waals surface area contributed by atoms with Crippen molar-refractivity contribution in [2.75, 3.05) is 46.6 Å². The van der Waals surface area contributed by atoms with Gasteiger partial charge in [-0.3, -0.25) is 9.59 Å². The number of rotatable bonds is 12. The third kappa shape index (κ3) is 8.51. The number of carbonyl (C=O) groups is 2. The molecule has 0 aromatic heterocycles. The number of aliphatic hydroxyl groups excluding tert-OH is 1. The first kappa shape index (κ1) is 20.9. The SMILES string of the molecule is COC(=O)C(C)CN(CCOCCO)C(=O)CCOc1ccccc1. The largest absolute Gasteiger partial charge is 0.493 e. The van der Waals surface area contributed by atoms with Crippen LogP contribution in [-0.2, 0) is 19.1 Å². The standard InChI is InChI=1S/C18H27NO6/c1-15(18(22)23-2)14-19(9-12-24-13-10-20)17(21)8-11-25-16-6-4-3-5-7-16/h3-7,15,20H,8-14H2,1-2H3. The van der Waals surface area contributed by atoms with E-state index in [1.165, 1.54) is 7.11 Å². The van der Waals surface area contributed by atoms with Crippen molar-refractivity contribution in [3.8, 4) is 5.75 Å². The van der Waals surface area contributed by atoms with E-state index in [-0.39, 0.29) is 44.7 Å². The third-order valence-corrected chi connectivity index (χ3v) is 3.52. The van der Waals surface area contributed by atoms with Crippen molar-refractivity contribution >= 4 is 11.9 Å². The van der Waals surface area contributed by atoms with E-state index in [1.807, 2.05) is 30.3 Å². The smallest absolute Gasteiger partial charge is 0.310 e. The highest BCUT2D eigenvalue weighted by Gasteiger charge is 2.21. The highest BCUT2D eigenvalue weighted by molar-refractivity contribution is 5.78. The van der Waals surface area contributed by atoms with Crippen molar-refractivity contribution in [3.63, 3.8) is 0 Å². The zero-order valence-corrected chi connectivity index (χ0v) is 14.8. The van der Waals surface area contributed by atoms with E-state index < -0.39 is 5.92 Å². The zero-order chi connectivity index (χ0) is 18.5. The number of ether oxygens (including phenoxy) is 3. The lowest BCUT2D eigenvalue weighted by Gasteiger charge is -2.25. The van der Waals surface area contributed by atoms with E-state index in [1.54, 1.807) is 11.8 Å². The number of esters is 1. The van der Waals surface area contributed by atoms with Gasteiger partial charge in [-0.1, -0.05) is 25.1 Å². The Hall–Kier alpha value is -2.12. The topological polar surface area (TPSA) is 85.3 Å². The molecule has 0 saturated carbocycles. The Balaban J connectivity index is 2.50. The summed E-state index contributed by atoms with van der Waals surface area (Å²) < 4.78 is 15.5. The zero-order valence-electron chi connectivity index (χ0n) is 14.8. The fourth-order valence-electron chi connectivity index (χ4n) is 2.20.